The minimum Gasteiger partial charge on any atom is -0.374 e. The first kappa shape index (κ1) is 14.1. The third kappa shape index (κ3) is 3.37. The summed E-state index contributed by atoms with van der Waals surface area (Å²) in [5, 5.41) is 0. The van der Waals surface area contributed by atoms with E-state index in [1.807, 2.05) is 0 Å². The van der Waals surface area contributed by atoms with Crippen molar-refractivity contribution in [1.82, 2.24) is 0 Å². The molecular formula is C17H25NO. The van der Waals surface area contributed by atoms with Crippen molar-refractivity contribution in [3.8, 4) is 0 Å². The van der Waals surface area contributed by atoms with Crippen molar-refractivity contribution in [2.45, 2.75) is 40.0 Å². The van der Waals surface area contributed by atoms with Crippen LogP contribution in [-0.4, -0.2) is 19.4 Å². The average molecular weight is 259 g/mol. The lowest BCUT2D eigenvalue weighted by Crippen LogP contribution is -2.34. The minimum absolute atomic E-state index is 0.217. The number of Topliss-reactive ketones (excluding diaryl/α,β-unsaturated/α-hetero) is 1. The third-order valence-electron chi connectivity index (χ3n) is 4.28. The van der Waals surface area contributed by atoms with Crippen LogP contribution in [0.5, 0.6) is 0 Å². The quantitative estimate of drug-likeness (QED) is 0.824. The van der Waals surface area contributed by atoms with E-state index in [9.17, 15) is 4.79 Å². The van der Waals surface area contributed by atoms with Crippen LogP contribution in [0.2, 0.25) is 0 Å². The average Bonchev–Trinajstić information content (AvgIpc) is 2.33. The molecule has 2 atom stereocenters. The molecule has 1 aromatic carbocycles. The van der Waals surface area contributed by atoms with E-state index in [1.165, 1.54) is 16.8 Å². The number of hydrogen-bond donors (Lipinski definition) is 0. The Morgan fingerprint density at radius 2 is 2.05 bits per heavy atom. The molecule has 1 aliphatic rings. The maximum absolute atomic E-state index is 12.0. The van der Waals surface area contributed by atoms with Crippen LogP contribution in [0.15, 0.2) is 18.2 Å². The molecule has 1 aliphatic carbocycles. The van der Waals surface area contributed by atoms with E-state index in [2.05, 4.69) is 50.9 Å². The Bertz CT molecular complexity index is 466. The van der Waals surface area contributed by atoms with Crippen molar-refractivity contribution in [3.05, 3.63) is 29.3 Å². The maximum atomic E-state index is 12.0. The molecule has 0 aromatic heterocycles. The highest BCUT2D eigenvalue weighted by molar-refractivity contribution is 5.82. The fraction of sp³-hybridized carbons (Fsp3) is 0.588. The Balaban J connectivity index is 2.07. The highest BCUT2D eigenvalue weighted by Gasteiger charge is 2.27. The first-order valence-corrected chi connectivity index (χ1v) is 7.28. The van der Waals surface area contributed by atoms with Gasteiger partial charge >= 0.3 is 0 Å². The number of carbonyl (C=O) groups is 1. The zero-order chi connectivity index (χ0) is 14.0. The van der Waals surface area contributed by atoms with Crippen molar-refractivity contribution in [2.24, 2.45) is 11.8 Å². The molecule has 19 heavy (non-hydrogen) atoms. The zero-order valence-corrected chi connectivity index (χ0v) is 12.6. The molecule has 0 bridgehead atoms. The van der Waals surface area contributed by atoms with Crippen LogP contribution in [0, 0.1) is 25.7 Å². The van der Waals surface area contributed by atoms with Gasteiger partial charge in [-0.1, -0.05) is 24.6 Å². The first-order chi connectivity index (χ1) is 8.97. The highest BCUT2D eigenvalue weighted by atomic mass is 16.1. The number of benzene rings is 1. The van der Waals surface area contributed by atoms with Gasteiger partial charge < -0.3 is 4.90 Å². The summed E-state index contributed by atoms with van der Waals surface area (Å²) >= 11 is 0. The van der Waals surface area contributed by atoms with Gasteiger partial charge in [-0.05, 0) is 44.2 Å². The van der Waals surface area contributed by atoms with Crippen molar-refractivity contribution in [2.75, 3.05) is 18.5 Å². The second-order valence-corrected chi connectivity index (χ2v) is 6.21. The summed E-state index contributed by atoms with van der Waals surface area (Å²) < 4.78 is 0. The van der Waals surface area contributed by atoms with E-state index < -0.39 is 0 Å². The summed E-state index contributed by atoms with van der Waals surface area (Å²) in [6.07, 6.45) is 2.89. The van der Waals surface area contributed by atoms with Crippen molar-refractivity contribution in [3.63, 3.8) is 0 Å². The van der Waals surface area contributed by atoms with E-state index in [-0.39, 0.29) is 5.92 Å². The summed E-state index contributed by atoms with van der Waals surface area (Å²) in [4.78, 5) is 14.3. The Hall–Kier alpha value is -1.31. The van der Waals surface area contributed by atoms with Crippen molar-refractivity contribution in [1.29, 1.82) is 0 Å². The number of nitrogens with zero attached hydrogens (tertiary/aromatic N) is 1. The van der Waals surface area contributed by atoms with Crippen LogP contribution < -0.4 is 4.90 Å². The Kier molecular flexibility index (Phi) is 4.28. The molecular weight excluding hydrogens is 234 g/mol. The van der Waals surface area contributed by atoms with Gasteiger partial charge in [-0.3, -0.25) is 4.79 Å². The Morgan fingerprint density at radius 1 is 1.32 bits per heavy atom. The molecule has 0 radical (unpaired) electrons. The summed E-state index contributed by atoms with van der Waals surface area (Å²) in [5.41, 5.74) is 3.83. The molecule has 2 nitrogen and oxygen atoms in total. The SMILES string of the molecule is Cc1ccc(N(C)CC2CC(C)CCC2=O)c(C)c1. The van der Waals surface area contributed by atoms with E-state index in [0.717, 1.165) is 25.8 Å². The van der Waals surface area contributed by atoms with Crippen LogP contribution in [0.1, 0.15) is 37.3 Å². The molecule has 1 saturated carbocycles. The lowest BCUT2D eigenvalue weighted by Gasteiger charge is -2.31. The molecule has 1 aromatic rings. The predicted molar refractivity (Wildman–Crippen MR) is 80.7 cm³/mol. The van der Waals surface area contributed by atoms with Crippen LogP contribution in [-0.2, 0) is 4.79 Å². The van der Waals surface area contributed by atoms with Crippen LogP contribution in [0.4, 0.5) is 5.69 Å². The normalized spacial score (nSPS) is 23.5. The van der Waals surface area contributed by atoms with Gasteiger partial charge in [-0.25, -0.2) is 0 Å². The third-order valence-corrected chi connectivity index (χ3v) is 4.28. The van der Waals surface area contributed by atoms with E-state index in [0.29, 0.717) is 11.7 Å². The van der Waals surface area contributed by atoms with Gasteiger partial charge in [0.2, 0.25) is 0 Å². The van der Waals surface area contributed by atoms with Crippen molar-refractivity contribution >= 4 is 11.5 Å². The highest BCUT2D eigenvalue weighted by Crippen LogP contribution is 2.28. The molecule has 2 unspecified atom stereocenters. The molecule has 0 N–H and O–H groups in total. The molecule has 104 valence electrons. The molecule has 0 saturated heterocycles. The minimum atomic E-state index is 0.217. The zero-order valence-electron chi connectivity index (χ0n) is 12.6. The molecule has 0 spiro atoms. The number of ketones is 1. The van der Waals surface area contributed by atoms with Crippen LogP contribution >= 0.6 is 0 Å². The summed E-state index contributed by atoms with van der Waals surface area (Å²) in [6, 6.07) is 6.52. The summed E-state index contributed by atoms with van der Waals surface area (Å²) in [6.45, 7) is 7.37. The summed E-state index contributed by atoms with van der Waals surface area (Å²) in [5.74, 6) is 1.36. The topological polar surface area (TPSA) is 20.3 Å². The lowest BCUT2D eigenvalue weighted by molar-refractivity contribution is -0.125. The molecule has 2 heteroatoms. The number of carbonyl (C=O) groups excluding carboxylic acids is 1. The van der Waals surface area contributed by atoms with E-state index >= 15 is 0 Å². The molecule has 0 aliphatic heterocycles. The van der Waals surface area contributed by atoms with Crippen LogP contribution in [0.3, 0.4) is 0 Å². The lowest BCUT2D eigenvalue weighted by atomic mass is 9.81. The number of rotatable bonds is 3. The first-order valence-electron chi connectivity index (χ1n) is 7.28. The Morgan fingerprint density at radius 3 is 2.74 bits per heavy atom. The summed E-state index contributed by atoms with van der Waals surface area (Å²) in [7, 11) is 2.10. The van der Waals surface area contributed by atoms with E-state index in [4.69, 9.17) is 0 Å². The molecule has 0 heterocycles. The van der Waals surface area contributed by atoms with Gasteiger partial charge in [-0.15, -0.1) is 0 Å². The van der Waals surface area contributed by atoms with Gasteiger partial charge in [0.05, 0.1) is 0 Å². The second-order valence-electron chi connectivity index (χ2n) is 6.21. The number of anilines is 1. The Labute approximate surface area is 116 Å². The molecule has 1 fully saturated rings. The van der Waals surface area contributed by atoms with Gasteiger partial charge in [0, 0.05) is 31.6 Å². The van der Waals surface area contributed by atoms with Crippen molar-refractivity contribution < 1.29 is 4.79 Å². The predicted octanol–water partition coefficient (Wildman–Crippen LogP) is 3.74. The standard InChI is InChI=1S/C17H25NO/c1-12-5-7-16(14(3)9-12)18(4)11-15-10-13(2)6-8-17(15)19/h5,7,9,13,15H,6,8,10-11H2,1-4H3. The van der Waals surface area contributed by atoms with Gasteiger partial charge in [0.15, 0.2) is 0 Å². The van der Waals surface area contributed by atoms with E-state index in [1.54, 1.807) is 0 Å². The van der Waals surface area contributed by atoms with Gasteiger partial charge in [0.1, 0.15) is 5.78 Å². The smallest absolute Gasteiger partial charge is 0.137 e. The molecule has 0 amide bonds. The number of hydrogen-bond acceptors (Lipinski definition) is 2. The van der Waals surface area contributed by atoms with Crippen LogP contribution in [0.25, 0.3) is 0 Å². The maximum Gasteiger partial charge on any atom is 0.137 e. The van der Waals surface area contributed by atoms with Gasteiger partial charge in [-0.2, -0.15) is 0 Å². The monoisotopic (exact) mass is 259 g/mol. The fourth-order valence-electron chi connectivity index (χ4n) is 3.17. The second kappa shape index (κ2) is 5.77. The molecule has 2 rings (SSSR count). The van der Waals surface area contributed by atoms with Gasteiger partial charge in [0.25, 0.3) is 0 Å². The number of aryl methyl sites for hydroxylation is 2. The fourth-order valence-corrected chi connectivity index (χ4v) is 3.17. The largest absolute Gasteiger partial charge is 0.374 e.